The number of fused-ring (bicyclic) bond motifs is 1. The van der Waals surface area contributed by atoms with Gasteiger partial charge in [-0.15, -0.1) is 0 Å². The second kappa shape index (κ2) is 9.35. The summed E-state index contributed by atoms with van der Waals surface area (Å²) in [5, 5.41) is 3.15. The summed E-state index contributed by atoms with van der Waals surface area (Å²) in [4.78, 5) is 18.7. The summed E-state index contributed by atoms with van der Waals surface area (Å²) >= 11 is 0. The fourth-order valence-electron chi connectivity index (χ4n) is 4.30. The first-order chi connectivity index (χ1) is 15.7. The number of nitrogens with one attached hydrogen (secondary N) is 1. The number of benzene rings is 2. The first kappa shape index (κ1) is 23.0. The number of rotatable bonds is 6. The first-order valence-corrected chi connectivity index (χ1v) is 11.0. The Morgan fingerprint density at radius 1 is 1.09 bits per heavy atom. The number of piperazine rings is 1. The molecule has 9 heteroatoms. The summed E-state index contributed by atoms with van der Waals surface area (Å²) in [5.74, 6) is -1.32. The average molecular weight is 460 g/mol. The van der Waals surface area contributed by atoms with Gasteiger partial charge in [0.05, 0.1) is 12.6 Å². The molecular weight excluding hydrogens is 431 g/mol. The number of carbonyl (C=O) groups excluding carboxylic acids is 1. The number of carbonyl (C=O) groups is 1. The third kappa shape index (κ3) is 4.93. The summed E-state index contributed by atoms with van der Waals surface area (Å²) in [5.41, 5.74) is 7.30. The minimum atomic E-state index is -0.944. The van der Waals surface area contributed by atoms with Gasteiger partial charge < -0.3 is 25.8 Å². The molecule has 2 heterocycles. The normalized spacial score (nSPS) is 18.9. The van der Waals surface area contributed by atoms with Crippen LogP contribution in [0.25, 0.3) is 0 Å². The number of hydrogen-bond acceptors (Lipinski definition) is 5. The molecule has 0 aliphatic carbocycles. The van der Waals surface area contributed by atoms with Crippen molar-refractivity contribution < 1.29 is 18.0 Å². The van der Waals surface area contributed by atoms with Crippen molar-refractivity contribution in [3.05, 3.63) is 71.9 Å². The molecule has 2 aromatic rings. The van der Waals surface area contributed by atoms with E-state index in [2.05, 4.69) is 10.2 Å². The zero-order valence-corrected chi connectivity index (χ0v) is 18.6. The van der Waals surface area contributed by atoms with Crippen LogP contribution in [0.4, 0.5) is 24.5 Å². The molecular formula is C24H28F3N5O. The molecule has 4 rings (SSSR count). The Bertz CT molecular complexity index is 1040. The lowest BCUT2D eigenvalue weighted by atomic mass is 10.0. The number of anilines is 2. The second-order valence-corrected chi connectivity index (χ2v) is 8.85. The lowest BCUT2D eigenvalue weighted by molar-refractivity contribution is -0.135. The van der Waals surface area contributed by atoms with Gasteiger partial charge in [-0.25, -0.2) is 13.2 Å². The van der Waals surface area contributed by atoms with Crippen LogP contribution in [0.1, 0.15) is 20.3 Å². The van der Waals surface area contributed by atoms with Crippen LogP contribution in [-0.2, 0) is 4.79 Å². The van der Waals surface area contributed by atoms with Gasteiger partial charge in [-0.3, -0.25) is 4.79 Å². The van der Waals surface area contributed by atoms with Crippen molar-refractivity contribution in [2.75, 3.05) is 29.9 Å². The van der Waals surface area contributed by atoms with E-state index in [1.807, 2.05) is 24.9 Å². The molecule has 1 fully saturated rings. The van der Waals surface area contributed by atoms with Crippen LogP contribution in [0.3, 0.4) is 0 Å². The van der Waals surface area contributed by atoms with Crippen LogP contribution in [-0.4, -0.2) is 47.5 Å². The Morgan fingerprint density at radius 2 is 1.82 bits per heavy atom. The molecule has 2 aliphatic heterocycles. The number of nitrogens with two attached hydrogens (primary N) is 1. The van der Waals surface area contributed by atoms with E-state index < -0.39 is 17.7 Å². The minimum absolute atomic E-state index is 0.0931. The fourth-order valence-corrected chi connectivity index (χ4v) is 4.30. The van der Waals surface area contributed by atoms with Gasteiger partial charge in [-0.2, -0.15) is 0 Å². The van der Waals surface area contributed by atoms with Gasteiger partial charge in [-0.1, -0.05) is 13.8 Å². The Kier molecular flexibility index (Phi) is 6.51. The van der Waals surface area contributed by atoms with E-state index in [0.717, 1.165) is 17.8 Å². The molecule has 2 aliphatic rings. The number of halogens is 3. The molecule has 1 saturated heterocycles. The summed E-state index contributed by atoms with van der Waals surface area (Å²) < 4.78 is 40.6. The molecule has 33 heavy (non-hydrogen) atoms. The van der Waals surface area contributed by atoms with Crippen LogP contribution >= 0.6 is 0 Å². The molecule has 0 spiro atoms. The molecule has 2 atom stereocenters. The van der Waals surface area contributed by atoms with Crippen LogP contribution in [0.5, 0.6) is 0 Å². The van der Waals surface area contributed by atoms with Crippen LogP contribution in [0, 0.1) is 23.4 Å². The van der Waals surface area contributed by atoms with Gasteiger partial charge >= 0.3 is 0 Å². The Hall–Kier alpha value is -3.20. The van der Waals surface area contributed by atoms with E-state index in [9.17, 15) is 18.0 Å². The highest BCUT2D eigenvalue weighted by atomic mass is 19.2. The standard InChI is InChI=1S/C24H28F3N5O/c1-15(2)11-21(28)24(33)30-9-10-31-22(29-17-5-8-19(26)20(27)12-17)13-32(23(31)14-30)18-6-3-16(25)4-7-18/h3-8,12-13,15,21,23,29H,9-11,14,28H2,1-2H3/t21-,23?/m0/s1. The molecule has 2 aromatic carbocycles. The highest BCUT2D eigenvalue weighted by Crippen LogP contribution is 2.32. The molecule has 3 N–H and O–H groups in total. The van der Waals surface area contributed by atoms with Crippen molar-refractivity contribution in [1.82, 2.24) is 9.80 Å². The number of nitrogens with zero attached hydrogens (tertiary/aromatic N) is 3. The van der Waals surface area contributed by atoms with Gasteiger partial charge in [0.15, 0.2) is 11.6 Å². The van der Waals surface area contributed by atoms with Crippen molar-refractivity contribution >= 4 is 17.3 Å². The lowest BCUT2D eigenvalue weighted by Crippen LogP contribution is -2.59. The van der Waals surface area contributed by atoms with Gasteiger partial charge in [-0.05, 0) is 48.7 Å². The monoisotopic (exact) mass is 459 g/mol. The Balaban J connectivity index is 1.59. The fraction of sp³-hybridized carbons (Fsp3) is 0.375. The van der Waals surface area contributed by atoms with Crippen molar-refractivity contribution in [3.63, 3.8) is 0 Å². The molecule has 1 amide bonds. The lowest BCUT2D eigenvalue weighted by Gasteiger charge is -2.43. The van der Waals surface area contributed by atoms with Gasteiger partial charge in [0.2, 0.25) is 5.91 Å². The largest absolute Gasteiger partial charge is 0.341 e. The van der Waals surface area contributed by atoms with E-state index in [-0.39, 0.29) is 17.9 Å². The zero-order chi connectivity index (χ0) is 23.7. The Labute approximate surface area is 191 Å². The summed E-state index contributed by atoms with van der Waals surface area (Å²) in [6, 6.07) is 9.12. The molecule has 0 aromatic heterocycles. The predicted octanol–water partition coefficient (Wildman–Crippen LogP) is 3.68. The first-order valence-electron chi connectivity index (χ1n) is 11.0. The van der Waals surface area contributed by atoms with Gasteiger partial charge in [0, 0.05) is 36.7 Å². The minimum Gasteiger partial charge on any atom is -0.341 e. The summed E-state index contributed by atoms with van der Waals surface area (Å²) in [6.07, 6.45) is 2.18. The number of amides is 1. The molecule has 6 nitrogen and oxygen atoms in total. The zero-order valence-electron chi connectivity index (χ0n) is 18.6. The van der Waals surface area contributed by atoms with Crippen molar-refractivity contribution in [2.24, 2.45) is 11.7 Å². The smallest absolute Gasteiger partial charge is 0.239 e. The summed E-state index contributed by atoms with van der Waals surface area (Å²) in [6.45, 7) is 5.44. The van der Waals surface area contributed by atoms with E-state index in [1.54, 1.807) is 17.0 Å². The van der Waals surface area contributed by atoms with Gasteiger partial charge in [0.25, 0.3) is 0 Å². The quantitative estimate of drug-likeness (QED) is 0.690. The third-order valence-electron chi connectivity index (χ3n) is 5.92. The van der Waals surface area contributed by atoms with Gasteiger partial charge in [0.1, 0.15) is 17.8 Å². The maximum absolute atomic E-state index is 13.7. The Morgan fingerprint density at radius 3 is 2.48 bits per heavy atom. The van der Waals surface area contributed by atoms with E-state index in [1.165, 1.54) is 18.2 Å². The highest BCUT2D eigenvalue weighted by Gasteiger charge is 2.39. The van der Waals surface area contributed by atoms with E-state index in [4.69, 9.17) is 5.73 Å². The van der Waals surface area contributed by atoms with Crippen molar-refractivity contribution in [1.29, 1.82) is 0 Å². The maximum atomic E-state index is 13.7. The van der Waals surface area contributed by atoms with Crippen LogP contribution in [0.15, 0.2) is 54.5 Å². The topological polar surface area (TPSA) is 64.8 Å². The predicted molar refractivity (Wildman–Crippen MR) is 121 cm³/mol. The van der Waals surface area contributed by atoms with Crippen molar-refractivity contribution in [2.45, 2.75) is 32.5 Å². The molecule has 0 radical (unpaired) electrons. The highest BCUT2D eigenvalue weighted by molar-refractivity contribution is 5.82. The summed E-state index contributed by atoms with van der Waals surface area (Å²) in [7, 11) is 0. The van der Waals surface area contributed by atoms with Crippen molar-refractivity contribution in [3.8, 4) is 0 Å². The maximum Gasteiger partial charge on any atom is 0.239 e. The molecule has 176 valence electrons. The third-order valence-corrected chi connectivity index (χ3v) is 5.92. The second-order valence-electron chi connectivity index (χ2n) is 8.85. The van der Waals surface area contributed by atoms with Crippen LogP contribution < -0.4 is 16.0 Å². The number of hydrogen-bond donors (Lipinski definition) is 2. The molecule has 1 unspecified atom stereocenters. The van der Waals surface area contributed by atoms with Crippen LogP contribution in [0.2, 0.25) is 0 Å². The molecule has 0 saturated carbocycles. The van der Waals surface area contributed by atoms with E-state index in [0.29, 0.717) is 43.5 Å². The SMILES string of the molecule is CC(C)C[C@H](N)C(=O)N1CCN2C(Nc3ccc(F)c(F)c3)=CN(c3ccc(F)cc3)C2C1. The van der Waals surface area contributed by atoms with E-state index >= 15 is 0 Å². The molecule has 0 bridgehead atoms. The average Bonchev–Trinajstić information content (AvgIpc) is 3.13.